The number of aryl methyl sites for hydroxylation is 1. The Balaban J connectivity index is 1.77. The number of thiophene rings is 1. The molecule has 0 bridgehead atoms. The highest BCUT2D eigenvalue weighted by atomic mass is 32.1. The summed E-state index contributed by atoms with van der Waals surface area (Å²) in [5, 5.41) is 2.51. The number of nitrogens with zero attached hydrogens (tertiary/aromatic N) is 2. The van der Waals surface area contributed by atoms with E-state index >= 15 is 0 Å². The zero-order valence-electron chi connectivity index (χ0n) is 20.8. The maximum atomic E-state index is 13.5. The van der Waals surface area contributed by atoms with Crippen LogP contribution in [-0.4, -0.2) is 48.5 Å². The number of hydrogen-bond donors (Lipinski definition) is 1. The van der Waals surface area contributed by atoms with Crippen molar-refractivity contribution in [1.29, 1.82) is 0 Å². The van der Waals surface area contributed by atoms with Crippen molar-refractivity contribution in [2.24, 2.45) is 0 Å². The highest BCUT2D eigenvalue weighted by molar-refractivity contribution is 7.11. The van der Waals surface area contributed by atoms with Gasteiger partial charge in [0.2, 0.25) is 5.91 Å². The molecule has 1 N–H and O–H groups in total. The smallest absolute Gasteiger partial charge is 0.385 e. The lowest BCUT2D eigenvalue weighted by Crippen LogP contribution is -2.44. The molecule has 3 aromatic rings. The van der Waals surface area contributed by atoms with E-state index < -0.39 is 17.8 Å². The fourth-order valence-electron chi connectivity index (χ4n) is 3.69. The van der Waals surface area contributed by atoms with Crippen LogP contribution in [0.25, 0.3) is 0 Å². The first-order chi connectivity index (χ1) is 17.7. The molecule has 0 saturated carbocycles. The maximum Gasteiger partial charge on any atom is 0.416 e. The van der Waals surface area contributed by atoms with Crippen LogP contribution in [0.4, 0.5) is 23.7 Å². The first-order valence-electron chi connectivity index (χ1n) is 11.7. The Morgan fingerprint density at radius 1 is 0.973 bits per heavy atom. The van der Waals surface area contributed by atoms with Crippen LogP contribution in [0.1, 0.15) is 27.3 Å². The minimum absolute atomic E-state index is 0.000724. The van der Waals surface area contributed by atoms with Gasteiger partial charge >= 0.3 is 12.2 Å². The number of nitrogens with one attached hydrogen (secondary N) is 1. The molecule has 2 aromatic carbocycles. The summed E-state index contributed by atoms with van der Waals surface area (Å²) in [6.07, 6.45) is -4.07. The second-order valence-corrected chi connectivity index (χ2v) is 9.90. The molecule has 0 spiro atoms. The number of benzene rings is 2. The number of carbonyl (C=O) groups excluding carboxylic acids is 2. The summed E-state index contributed by atoms with van der Waals surface area (Å²) in [5.74, 6) is -0.272. The average Bonchev–Trinajstić information content (AvgIpc) is 3.27. The molecule has 0 saturated heterocycles. The molecule has 3 rings (SSSR count). The second-order valence-electron chi connectivity index (χ2n) is 8.52. The Kier molecular flexibility index (Phi) is 10.1. The van der Waals surface area contributed by atoms with Crippen molar-refractivity contribution in [3.05, 3.63) is 87.6 Å². The molecule has 0 fully saturated rings. The van der Waals surface area contributed by atoms with Gasteiger partial charge in [0, 0.05) is 42.2 Å². The molecule has 0 unspecified atom stereocenters. The number of halogens is 3. The summed E-state index contributed by atoms with van der Waals surface area (Å²) in [6, 6.07) is 17.3. The van der Waals surface area contributed by atoms with E-state index in [4.69, 9.17) is 4.74 Å². The van der Waals surface area contributed by atoms with Crippen molar-refractivity contribution >= 4 is 29.0 Å². The van der Waals surface area contributed by atoms with Crippen LogP contribution in [0.15, 0.2) is 66.7 Å². The quantitative estimate of drug-likeness (QED) is 0.300. The lowest BCUT2D eigenvalue weighted by atomic mass is 10.2. The van der Waals surface area contributed by atoms with Gasteiger partial charge in [-0.15, -0.1) is 11.3 Å². The van der Waals surface area contributed by atoms with Crippen LogP contribution < -0.4 is 5.32 Å². The molecule has 3 amide bonds. The number of methoxy groups -OCH3 is 1. The third kappa shape index (κ3) is 8.91. The number of urea groups is 1. The summed E-state index contributed by atoms with van der Waals surface area (Å²) in [5.41, 5.74) is 0.0790. The standard InChI is InChI=1S/C27H30F3N3O3S/c1-20-12-13-24(37-20)18-33(17-21-8-4-3-5-9-21)25(34)19-32(14-7-15-36-2)26(35)31-23-11-6-10-22(16-23)27(28,29)30/h3-6,8-13,16H,7,14-15,17-19H2,1-2H3,(H,31,35). The first-order valence-corrected chi connectivity index (χ1v) is 12.6. The SMILES string of the molecule is COCCCN(CC(=O)N(Cc1ccccc1)Cc1ccc(C)s1)C(=O)Nc1cccc(C(F)(F)F)c1. The molecular formula is C27H30F3N3O3S. The van der Waals surface area contributed by atoms with E-state index in [0.717, 1.165) is 27.5 Å². The summed E-state index contributed by atoms with van der Waals surface area (Å²) >= 11 is 1.60. The van der Waals surface area contributed by atoms with Gasteiger partial charge in [-0.05, 0) is 49.2 Å². The minimum Gasteiger partial charge on any atom is -0.385 e. The lowest BCUT2D eigenvalue weighted by molar-refractivity contribution is -0.137. The van der Waals surface area contributed by atoms with E-state index in [0.29, 0.717) is 26.1 Å². The fourth-order valence-corrected chi connectivity index (χ4v) is 4.59. The van der Waals surface area contributed by atoms with E-state index in [1.807, 2.05) is 49.4 Å². The van der Waals surface area contributed by atoms with E-state index in [1.165, 1.54) is 24.1 Å². The van der Waals surface area contributed by atoms with Crippen LogP contribution in [0.5, 0.6) is 0 Å². The lowest BCUT2D eigenvalue weighted by Gasteiger charge is -2.28. The van der Waals surface area contributed by atoms with Gasteiger partial charge in [0.25, 0.3) is 0 Å². The van der Waals surface area contributed by atoms with Crippen molar-refractivity contribution in [3.8, 4) is 0 Å². The molecular weight excluding hydrogens is 503 g/mol. The molecule has 0 aliphatic carbocycles. The Morgan fingerprint density at radius 2 is 1.73 bits per heavy atom. The van der Waals surface area contributed by atoms with E-state index in [2.05, 4.69) is 5.32 Å². The van der Waals surface area contributed by atoms with Crippen molar-refractivity contribution in [2.75, 3.05) is 32.1 Å². The number of anilines is 1. The highest BCUT2D eigenvalue weighted by Crippen LogP contribution is 2.30. The monoisotopic (exact) mass is 533 g/mol. The van der Waals surface area contributed by atoms with Gasteiger partial charge in [-0.2, -0.15) is 13.2 Å². The molecule has 1 aromatic heterocycles. The number of amides is 3. The molecule has 0 radical (unpaired) electrons. The number of alkyl halides is 3. The Morgan fingerprint density at radius 3 is 2.38 bits per heavy atom. The topological polar surface area (TPSA) is 61.9 Å². The summed E-state index contributed by atoms with van der Waals surface area (Å²) in [7, 11) is 1.53. The normalized spacial score (nSPS) is 11.3. The van der Waals surface area contributed by atoms with Crippen LogP contribution in [0.2, 0.25) is 0 Å². The predicted octanol–water partition coefficient (Wildman–Crippen LogP) is 6.17. The summed E-state index contributed by atoms with van der Waals surface area (Å²) < 4.78 is 44.4. The maximum absolute atomic E-state index is 13.5. The van der Waals surface area contributed by atoms with Crippen molar-refractivity contribution in [3.63, 3.8) is 0 Å². The van der Waals surface area contributed by atoms with Gasteiger partial charge in [0.1, 0.15) is 6.54 Å². The number of rotatable bonds is 11. The van der Waals surface area contributed by atoms with Crippen LogP contribution in [0, 0.1) is 6.92 Å². The predicted molar refractivity (Wildman–Crippen MR) is 138 cm³/mol. The second kappa shape index (κ2) is 13.3. The third-order valence-corrected chi connectivity index (χ3v) is 6.53. The number of ether oxygens (including phenoxy) is 1. The van der Waals surface area contributed by atoms with Crippen LogP contribution in [-0.2, 0) is 28.8 Å². The number of hydrogen-bond acceptors (Lipinski definition) is 4. The van der Waals surface area contributed by atoms with Gasteiger partial charge in [-0.1, -0.05) is 36.4 Å². The zero-order valence-corrected chi connectivity index (χ0v) is 21.6. The largest absolute Gasteiger partial charge is 0.416 e. The summed E-state index contributed by atoms with van der Waals surface area (Å²) in [6.45, 7) is 3.06. The Hall–Kier alpha value is -3.37. The molecule has 10 heteroatoms. The minimum atomic E-state index is -4.53. The molecule has 37 heavy (non-hydrogen) atoms. The highest BCUT2D eigenvalue weighted by Gasteiger charge is 2.31. The van der Waals surface area contributed by atoms with Crippen LogP contribution in [0.3, 0.4) is 0 Å². The van der Waals surface area contributed by atoms with E-state index in [9.17, 15) is 22.8 Å². The van der Waals surface area contributed by atoms with Gasteiger partial charge in [0.05, 0.1) is 12.1 Å². The molecule has 0 aliphatic heterocycles. The van der Waals surface area contributed by atoms with E-state index in [-0.39, 0.29) is 24.7 Å². The molecule has 1 heterocycles. The summed E-state index contributed by atoms with van der Waals surface area (Å²) in [4.78, 5) is 31.7. The van der Waals surface area contributed by atoms with Crippen molar-refractivity contribution in [2.45, 2.75) is 32.6 Å². The average molecular weight is 534 g/mol. The van der Waals surface area contributed by atoms with Crippen molar-refractivity contribution < 1.29 is 27.5 Å². The van der Waals surface area contributed by atoms with E-state index in [1.54, 1.807) is 16.2 Å². The van der Waals surface area contributed by atoms with Gasteiger partial charge in [-0.25, -0.2) is 4.79 Å². The third-order valence-electron chi connectivity index (χ3n) is 5.54. The number of carbonyl (C=O) groups is 2. The Labute approximate surface area is 218 Å². The van der Waals surface area contributed by atoms with Gasteiger partial charge in [-0.3, -0.25) is 4.79 Å². The first kappa shape index (κ1) is 28.2. The Bertz CT molecular complexity index is 1170. The molecule has 6 nitrogen and oxygen atoms in total. The van der Waals surface area contributed by atoms with Gasteiger partial charge < -0.3 is 19.9 Å². The molecule has 0 aliphatic rings. The molecule has 0 atom stereocenters. The molecule has 198 valence electrons. The van der Waals surface area contributed by atoms with Gasteiger partial charge in [0.15, 0.2) is 0 Å². The zero-order chi connectivity index (χ0) is 26.8. The van der Waals surface area contributed by atoms with Crippen molar-refractivity contribution in [1.82, 2.24) is 9.80 Å². The fraction of sp³-hybridized carbons (Fsp3) is 0.333. The van der Waals surface area contributed by atoms with Crippen LogP contribution >= 0.6 is 11.3 Å².